The molecule has 0 unspecified atom stereocenters. The Balaban J connectivity index is 2.08. The van der Waals surface area contributed by atoms with Gasteiger partial charge in [0.15, 0.2) is 5.16 Å². The highest BCUT2D eigenvalue weighted by molar-refractivity contribution is 9.10. The van der Waals surface area contributed by atoms with Gasteiger partial charge in [0.2, 0.25) is 0 Å². The number of benzene rings is 1. The zero-order chi connectivity index (χ0) is 11.5. The molecule has 3 nitrogen and oxygen atoms in total. The number of anilines is 1. The van der Waals surface area contributed by atoms with Gasteiger partial charge in [-0.05, 0) is 17.7 Å². The molecule has 2 N–H and O–H groups in total. The maximum absolute atomic E-state index is 5.93. The Morgan fingerprint density at radius 3 is 2.94 bits per heavy atom. The second kappa shape index (κ2) is 4.93. The number of imidazole rings is 1. The molecule has 5 heteroatoms. The number of nitrogens with zero attached hydrogens (tertiary/aromatic N) is 2. The maximum Gasteiger partial charge on any atom is 0.167 e. The molecule has 0 spiro atoms. The first-order valence-electron chi connectivity index (χ1n) is 4.81. The fourth-order valence-corrected chi connectivity index (χ4v) is 2.66. The largest absolute Gasteiger partial charge is 0.398 e. The molecule has 84 valence electrons. The summed E-state index contributed by atoms with van der Waals surface area (Å²) >= 11 is 5.08. The van der Waals surface area contributed by atoms with Crippen molar-refractivity contribution in [3.05, 3.63) is 40.6 Å². The van der Waals surface area contributed by atoms with E-state index in [2.05, 4.69) is 20.9 Å². The number of rotatable bonds is 3. The van der Waals surface area contributed by atoms with Gasteiger partial charge in [0.05, 0.1) is 0 Å². The third-order valence-corrected chi connectivity index (χ3v) is 3.84. The topological polar surface area (TPSA) is 43.8 Å². The minimum absolute atomic E-state index is 0.816. The lowest BCUT2D eigenvalue weighted by Crippen LogP contribution is -1.94. The number of halogens is 1. The van der Waals surface area contributed by atoms with Crippen molar-refractivity contribution in [1.82, 2.24) is 9.55 Å². The van der Waals surface area contributed by atoms with Crippen molar-refractivity contribution in [3.8, 4) is 0 Å². The summed E-state index contributed by atoms with van der Waals surface area (Å²) in [6.45, 7) is 0. The molecule has 0 atom stereocenters. The van der Waals surface area contributed by atoms with Crippen LogP contribution in [0.2, 0.25) is 0 Å². The molecule has 1 heterocycles. The Morgan fingerprint density at radius 2 is 2.31 bits per heavy atom. The van der Waals surface area contributed by atoms with Crippen LogP contribution in [0.4, 0.5) is 5.69 Å². The highest BCUT2D eigenvalue weighted by Crippen LogP contribution is 2.25. The molecular formula is C11H12BrN3S. The monoisotopic (exact) mass is 297 g/mol. The van der Waals surface area contributed by atoms with Crippen LogP contribution in [0.5, 0.6) is 0 Å². The molecule has 0 bridgehead atoms. The molecule has 0 saturated heterocycles. The second-order valence-electron chi connectivity index (χ2n) is 3.45. The van der Waals surface area contributed by atoms with Gasteiger partial charge in [0.1, 0.15) is 0 Å². The highest BCUT2D eigenvalue weighted by Gasteiger charge is 2.04. The van der Waals surface area contributed by atoms with Crippen molar-refractivity contribution >= 4 is 33.4 Å². The van der Waals surface area contributed by atoms with Crippen LogP contribution in [0.3, 0.4) is 0 Å². The van der Waals surface area contributed by atoms with Crippen LogP contribution < -0.4 is 5.73 Å². The Morgan fingerprint density at radius 1 is 1.50 bits per heavy atom. The van der Waals surface area contributed by atoms with Crippen molar-refractivity contribution < 1.29 is 0 Å². The standard InChI is InChI=1S/C11H12BrN3S/c1-15-5-4-14-11(15)16-7-8-2-3-9(12)6-10(8)13/h2-6H,7,13H2,1H3. The van der Waals surface area contributed by atoms with Crippen molar-refractivity contribution in [1.29, 1.82) is 0 Å². The number of nitrogens with two attached hydrogens (primary N) is 1. The van der Waals surface area contributed by atoms with Crippen molar-refractivity contribution in [2.24, 2.45) is 7.05 Å². The van der Waals surface area contributed by atoms with E-state index in [4.69, 9.17) is 5.73 Å². The molecule has 0 saturated carbocycles. The van der Waals surface area contributed by atoms with Crippen LogP contribution >= 0.6 is 27.7 Å². The summed E-state index contributed by atoms with van der Waals surface area (Å²) in [6.07, 6.45) is 3.74. The summed E-state index contributed by atoms with van der Waals surface area (Å²) in [5, 5.41) is 1.00. The van der Waals surface area contributed by atoms with E-state index in [-0.39, 0.29) is 0 Å². The Kier molecular flexibility index (Phi) is 3.56. The number of aryl methyl sites for hydroxylation is 1. The molecular weight excluding hydrogens is 286 g/mol. The maximum atomic E-state index is 5.93. The van der Waals surface area contributed by atoms with Crippen molar-refractivity contribution in [3.63, 3.8) is 0 Å². The van der Waals surface area contributed by atoms with Crippen molar-refractivity contribution in [2.75, 3.05) is 5.73 Å². The molecule has 1 aromatic carbocycles. The first-order valence-corrected chi connectivity index (χ1v) is 6.58. The predicted octanol–water partition coefficient (Wildman–Crippen LogP) is 3.06. The molecule has 2 rings (SSSR count). The van der Waals surface area contributed by atoms with Crippen LogP contribution in [0.1, 0.15) is 5.56 Å². The van der Waals surface area contributed by atoms with Gasteiger partial charge in [-0.3, -0.25) is 0 Å². The zero-order valence-corrected chi connectivity index (χ0v) is 11.3. The van der Waals surface area contributed by atoms with E-state index < -0.39 is 0 Å². The summed E-state index contributed by atoms with van der Waals surface area (Å²) in [4.78, 5) is 4.25. The Labute approximate surface area is 107 Å². The average molecular weight is 298 g/mol. The fraction of sp³-hybridized carbons (Fsp3) is 0.182. The van der Waals surface area contributed by atoms with E-state index >= 15 is 0 Å². The van der Waals surface area contributed by atoms with Gasteiger partial charge in [-0.15, -0.1) is 0 Å². The van der Waals surface area contributed by atoms with Gasteiger partial charge in [0, 0.05) is 35.4 Å². The van der Waals surface area contributed by atoms with E-state index in [0.29, 0.717) is 0 Å². The zero-order valence-electron chi connectivity index (χ0n) is 8.85. The first kappa shape index (κ1) is 11.5. The molecule has 2 aromatic rings. The summed E-state index contributed by atoms with van der Waals surface area (Å²) in [6, 6.07) is 5.97. The van der Waals surface area contributed by atoms with Gasteiger partial charge in [-0.1, -0.05) is 33.8 Å². The van der Waals surface area contributed by atoms with Crippen molar-refractivity contribution in [2.45, 2.75) is 10.9 Å². The van der Waals surface area contributed by atoms with Gasteiger partial charge in [0.25, 0.3) is 0 Å². The van der Waals surface area contributed by atoms with Gasteiger partial charge < -0.3 is 10.3 Å². The molecule has 0 aliphatic rings. The summed E-state index contributed by atoms with van der Waals surface area (Å²) < 4.78 is 3.01. The second-order valence-corrected chi connectivity index (χ2v) is 5.31. The number of hydrogen-bond acceptors (Lipinski definition) is 3. The van der Waals surface area contributed by atoms with E-state index in [9.17, 15) is 0 Å². The number of aromatic nitrogens is 2. The van der Waals surface area contributed by atoms with Crippen LogP contribution in [0.25, 0.3) is 0 Å². The first-order chi connectivity index (χ1) is 7.66. The minimum atomic E-state index is 0.816. The lowest BCUT2D eigenvalue weighted by molar-refractivity contribution is 0.790. The van der Waals surface area contributed by atoms with Crippen LogP contribution in [-0.4, -0.2) is 9.55 Å². The molecule has 0 amide bonds. The SMILES string of the molecule is Cn1ccnc1SCc1ccc(Br)cc1N. The highest BCUT2D eigenvalue weighted by atomic mass is 79.9. The molecule has 0 aliphatic carbocycles. The third kappa shape index (κ3) is 2.59. The molecule has 0 radical (unpaired) electrons. The predicted molar refractivity (Wildman–Crippen MR) is 71.3 cm³/mol. The van der Waals surface area contributed by atoms with Crippen LogP contribution in [-0.2, 0) is 12.8 Å². The van der Waals surface area contributed by atoms with Gasteiger partial charge in [-0.25, -0.2) is 4.98 Å². The number of thioether (sulfide) groups is 1. The lowest BCUT2D eigenvalue weighted by Gasteiger charge is -2.05. The smallest absolute Gasteiger partial charge is 0.167 e. The molecule has 0 aliphatic heterocycles. The summed E-state index contributed by atoms with van der Waals surface area (Å²) in [5.41, 5.74) is 7.88. The molecule has 16 heavy (non-hydrogen) atoms. The van der Waals surface area contributed by atoms with E-state index in [0.717, 1.165) is 26.6 Å². The molecule has 0 fully saturated rings. The Hall–Kier alpha value is -0.940. The fourth-order valence-electron chi connectivity index (χ4n) is 1.33. The number of hydrogen-bond donors (Lipinski definition) is 1. The Bertz CT molecular complexity index is 496. The third-order valence-electron chi connectivity index (χ3n) is 2.24. The lowest BCUT2D eigenvalue weighted by atomic mass is 10.2. The average Bonchev–Trinajstić information content (AvgIpc) is 2.63. The van der Waals surface area contributed by atoms with E-state index in [1.165, 1.54) is 0 Å². The van der Waals surface area contributed by atoms with Crippen LogP contribution in [0, 0.1) is 0 Å². The molecule has 1 aromatic heterocycles. The van der Waals surface area contributed by atoms with E-state index in [1.807, 2.05) is 36.0 Å². The van der Waals surface area contributed by atoms with Gasteiger partial charge >= 0.3 is 0 Å². The summed E-state index contributed by atoms with van der Waals surface area (Å²) in [5.74, 6) is 0.837. The number of nitrogen functional groups attached to an aromatic ring is 1. The van der Waals surface area contributed by atoms with E-state index in [1.54, 1.807) is 18.0 Å². The normalized spacial score (nSPS) is 10.6. The van der Waals surface area contributed by atoms with Gasteiger partial charge in [-0.2, -0.15) is 0 Å². The van der Waals surface area contributed by atoms with Crippen LogP contribution in [0.15, 0.2) is 40.2 Å². The minimum Gasteiger partial charge on any atom is -0.398 e. The quantitative estimate of drug-likeness (QED) is 0.699. The summed E-state index contributed by atoms with van der Waals surface area (Å²) in [7, 11) is 1.99.